The van der Waals surface area contributed by atoms with Crippen molar-refractivity contribution in [1.82, 2.24) is 10.3 Å². The Balaban J connectivity index is 1.58. The highest BCUT2D eigenvalue weighted by Gasteiger charge is 2.41. The molecule has 194 valence electrons. The van der Waals surface area contributed by atoms with Crippen molar-refractivity contribution in [3.8, 4) is 0 Å². The molecule has 2 aliphatic heterocycles. The summed E-state index contributed by atoms with van der Waals surface area (Å²) in [7, 11) is 0. The molecule has 1 unspecified atom stereocenters. The number of halogens is 7. The van der Waals surface area contributed by atoms with Crippen LogP contribution in [0.4, 0.5) is 48.3 Å². The van der Waals surface area contributed by atoms with Gasteiger partial charge in [-0.2, -0.15) is 13.2 Å². The van der Waals surface area contributed by atoms with Gasteiger partial charge in [0.2, 0.25) is 0 Å². The van der Waals surface area contributed by atoms with Gasteiger partial charge < -0.3 is 10.6 Å². The predicted molar refractivity (Wildman–Crippen MR) is 129 cm³/mol. The highest BCUT2D eigenvalue weighted by molar-refractivity contribution is 6.31. The van der Waals surface area contributed by atoms with Crippen LogP contribution in [-0.2, 0) is 12.6 Å². The smallest absolute Gasteiger partial charge is 0.339 e. The number of carbonyl (C=O) groups is 1. The molecule has 0 saturated heterocycles. The number of carbonyl (C=O) groups excluding carboxylic acids is 1. The molecule has 0 radical (unpaired) electrons. The third kappa shape index (κ3) is 3.80. The fourth-order valence-electron chi connectivity index (χ4n) is 5.13. The second-order valence-corrected chi connectivity index (χ2v) is 9.33. The number of urea groups is 1. The van der Waals surface area contributed by atoms with E-state index in [1.165, 1.54) is 11.0 Å². The predicted octanol–water partition coefficient (Wildman–Crippen LogP) is 7.24. The molecule has 3 heterocycles. The van der Waals surface area contributed by atoms with Crippen molar-refractivity contribution in [2.24, 2.45) is 0 Å². The first-order chi connectivity index (χ1) is 18.0. The van der Waals surface area contributed by atoms with E-state index in [1.807, 2.05) is 0 Å². The minimum atomic E-state index is -4.84. The van der Waals surface area contributed by atoms with Crippen LogP contribution < -0.4 is 15.5 Å². The Morgan fingerprint density at radius 2 is 1.82 bits per heavy atom. The molecule has 1 atom stereocenters. The van der Waals surface area contributed by atoms with E-state index in [2.05, 4.69) is 15.6 Å². The highest BCUT2D eigenvalue weighted by atomic mass is 35.5. The second-order valence-electron chi connectivity index (χ2n) is 8.93. The summed E-state index contributed by atoms with van der Waals surface area (Å²) >= 11 is 6.35. The number of benzene rings is 3. The van der Waals surface area contributed by atoms with E-state index >= 15 is 4.39 Å². The van der Waals surface area contributed by atoms with Gasteiger partial charge in [-0.15, -0.1) is 0 Å². The van der Waals surface area contributed by atoms with Crippen LogP contribution in [0.3, 0.4) is 0 Å². The number of pyridine rings is 1. The minimum Gasteiger partial charge on any atom is -0.339 e. The second kappa shape index (κ2) is 8.52. The molecule has 38 heavy (non-hydrogen) atoms. The van der Waals surface area contributed by atoms with Crippen molar-refractivity contribution in [3.63, 3.8) is 0 Å². The van der Waals surface area contributed by atoms with Crippen molar-refractivity contribution in [2.45, 2.75) is 18.6 Å². The molecular weight excluding hydrogens is 534 g/mol. The lowest BCUT2D eigenvalue weighted by Crippen LogP contribution is -2.46. The van der Waals surface area contributed by atoms with Gasteiger partial charge in [0, 0.05) is 39.8 Å². The molecule has 3 aromatic carbocycles. The monoisotopic (exact) mass is 548 g/mol. The van der Waals surface area contributed by atoms with Crippen LogP contribution in [0.2, 0.25) is 5.02 Å². The first-order valence-corrected chi connectivity index (χ1v) is 11.7. The summed E-state index contributed by atoms with van der Waals surface area (Å²) in [5.41, 5.74) is -0.131. The zero-order chi connectivity index (χ0) is 26.9. The lowest BCUT2D eigenvalue weighted by molar-refractivity contribution is -0.136. The van der Waals surface area contributed by atoms with Gasteiger partial charge in [-0.25, -0.2) is 22.9 Å². The van der Waals surface area contributed by atoms with Gasteiger partial charge in [-0.1, -0.05) is 11.6 Å². The van der Waals surface area contributed by atoms with Gasteiger partial charge >= 0.3 is 12.2 Å². The molecule has 6 rings (SSSR count). The summed E-state index contributed by atoms with van der Waals surface area (Å²) in [5, 5.41) is 5.23. The number of rotatable bonds is 3. The lowest BCUT2D eigenvalue weighted by atomic mass is 9.91. The van der Waals surface area contributed by atoms with Crippen molar-refractivity contribution in [2.75, 3.05) is 16.8 Å². The van der Waals surface area contributed by atoms with E-state index in [4.69, 9.17) is 11.6 Å². The first kappa shape index (κ1) is 24.4. The van der Waals surface area contributed by atoms with E-state index < -0.39 is 41.3 Å². The average molecular weight is 549 g/mol. The molecule has 0 spiro atoms. The Bertz CT molecular complexity index is 1660. The molecule has 5 nitrogen and oxygen atoms in total. The quantitative estimate of drug-likeness (QED) is 0.265. The molecule has 0 fully saturated rings. The summed E-state index contributed by atoms with van der Waals surface area (Å²) in [5.74, 6) is -2.59. The molecule has 2 amide bonds. The number of anilines is 3. The molecule has 0 saturated carbocycles. The van der Waals surface area contributed by atoms with E-state index in [-0.39, 0.29) is 57.1 Å². The molecule has 12 heteroatoms. The van der Waals surface area contributed by atoms with Crippen LogP contribution in [0.15, 0.2) is 48.7 Å². The number of nitrogens with zero attached hydrogens (tertiary/aromatic N) is 2. The standard InChI is InChI=1S/C26H15ClF6N4O/c27-18-2-1-11(28)7-16(18)22-21-20(10-19(30)14-4-6-37(23(14)21)25(38)36-22)35-24-15-8-12(29)9-17(26(31,32)33)13(15)3-5-34-24/h1-3,5,7-10,22H,4,6H2,(H,34,35)(H,36,38). The van der Waals surface area contributed by atoms with Gasteiger partial charge in [-0.3, -0.25) is 4.90 Å². The van der Waals surface area contributed by atoms with Crippen molar-refractivity contribution in [1.29, 1.82) is 0 Å². The Hall–Kier alpha value is -3.99. The molecule has 0 aliphatic carbocycles. The summed E-state index contributed by atoms with van der Waals surface area (Å²) in [6.07, 6.45) is -3.51. The summed E-state index contributed by atoms with van der Waals surface area (Å²) < 4.78 is 84.6. The van der Waals surface area contributed by atoms with Crippen LogP contribution in [0.5, 0.6) is 0 Å². The lowest BCUT2D eigenvalue weighted by Gasteiger charge is -2.35. The normalized spacial score (nSPS) is 16.6. The molecular formula is C26H15ClF6N4O. The topological polar surface area (TPSA) is 57.3 Å². The fraction of sp³-hybridized carbons (Fsp3) is 0.154. The van der Waals surface area contributed by atoms with E-state index in [1.54, 1.807) is 0 Å². The minimum absolute atomic E-state index is 0.0382. The number of hydrogen-bond acceptors (Lipinski definition) is 3. The maximum absolute atomic E-state index is 15.3. The number of amides is 2. The Morgan fingerprint density at radius 3 is 2.58 bits per heavy atom. The SMILES string of the molecule is O=C1NC(c2cc(F)ccc2Cl)c2c(Nc3nccc4c(C(F)(F)F)cc(F)cc34)cc(F)c3c2N1CC3. The Morgan fingerprint density at radius 1 is 1.03 bits per heavy atom. The zero-order valence-corrected chi connectivity index (χ0v) is 19.8. The van der Waals surface area contributed by atoms with E-state index in [0.29, 0.717) is 11.6 Å². The number of hydrogen-bond donors (Lipinski definition) is 2. The van der Waals surface area contributed by atoms with E-state index in [9.17, 15) is 26.7 Å². The highest BCUT2D eigenvalue weighted by Crippen LogP contribution is 2.48. The first-order valence-electron chi connectivity index (χ1n) is 11.3. The molecule has 1 aromatic heterocycles. The van der Waals surface area contributed by atoms with Crippen molar-refractivity contribution in [3.05, 3.63) is 93.4 Å². The van der Waals surface area contributed by atoms with Crippen molar-refractivity contribution >= 4 is 45.6 Å². The van der Waals surface area contributed by atoms with Gasteiger partial charge in [0.15, 0.2) is 0 Å². The third-order valence-corrected chi connectivity index (χ3v) is 7.06. The van der Waals surface area contributed by atoms with Gasteiger partial charge in [0.05, 0.1) is 23.0 Å². The largest absolute Gasteiger partial charge is 0.417 e. The number of nitrogens with one attached hydrogen (secondary N) is 2. The summed E-state index contributed by atoms with van der Waals surface area (Å²) in [6, 6.07) is 5.53. The maximum atomic E-state index is 15.3. The van der Waals surface area contributed by atoms with Crippen molar-refractivity contribution < 1.29 is 31.1 Å². The molecule has 2 aliphatic rings. The van der Waals surface area contributed by atoms with Crippen LogP contribution >= 0.6 is 11.6 Å². The molecule has 4 aromatic rings. The zero-order valence-electron chi connectivity index (χ0n) is 19.1. The maximum Gasteiger partial charge on any atom is 0.417 e. The van der Waals surface area contributed by atoms with Gasteiger partial charge in [0.1, 0.15) is 23.3 Å². The van der Waals surface area contributed by atoms with Crippen LogP contribution in [0.1, 0.15) is 28.3 Å². The summed E-state index contributed by atoms with van der Waals surface area (Å²) in [6.45, 7) is 0.185. The summed E-state index contributed by atoms with van der Waals surface area (Å²) in [4.78, 5) is 18.3. The Kier molecular flexibility index (Phi) is 5.46. The fourth-order valence-corrected chi connectivity index (χ4v) is 5.36. The van der Waals surface area contributed by atoms with Gasteiger partial charge in [-0.05, 0) is 54.3 Å². The molecule has 0 bridgehead atoms. The van der Waals surface area contributed by atoms with Crippen LogP contribution in [-0.4, -0.2) is 17.6 Å². The van der Waals surface area contributed by atoms with Gasteiger partial charge in [0.25, 0.3) is 0 Å². The third-order valence-electron chi connectivity index (χ3n) is 6.72. The number of fused-ring (bicyclic) bond motifs is 1. The average Bonchev–Trinajstić information content (AvgIpc) is 3.30. The van der Waals surface area contributed by atoms with Crippen LogP contribution in [0.25, 0.3) is 10.8 Å². The number of aromatic nitrogens is 1. The molecule has 2 N–H and O–H groups in total. The van der Waals surface area contributed by atoms with E-state index in [0.717, 1.165) is 36.5 Å². The Labute approximate surface area is 216 Å². The number of alkyl halides is 3. The van der Waals surface area contributed by atoms with Crippen LogP contribution in [0, 0.1) is 17.5 Å².